The van der Waals surface area contributed by atoms with E-state index in [1.165, 1.54) is 122 Å². The number of ether oxygens (including phenoxy) is 1. The Morgan fingerprint density at radius 2 is 0.795 bits per heavy atom. The number of hydrogen-bond acceptors (Lipinski definition) is 3. The van der Waals surface area contributed by atoms with Gasteiger partial charge in [0.05, 0.1) is 0 Å². The summed E-state index contributed by atoms with van der Waals surface area (Å²) in [6, 6.07) is 0. The van der Waals surface area contributed by atoms with Gasteiger partial charge in [-0.3, -0.25) is 9.59 Å². The van der Waals surface area contributed by atoms with Gasteiger partial charge < -0.3 is 9.84 Å². The van der Waals surface area contributed by atoms with Crippen LogP contribution in [-0.2, 0) is 14.3 Å². The minimum absolute atomic E-state index is 0.0113. The van der Waals surface area contributed by atoms with Gasteiger partial charge in [0.2, 0.25) is 0 Å². The molecule has 0 aliphatic heterocycles. The zero-order valence-corrected chi connectivity index (χ0v) is 26.5. The molecule has 39 heavy (non-hydrogen) atoms. The van der Waals surface area contributed by atoms with Crippen molar-refractivity contribution in [2.45, 2.75) is 213 Å². The molecule has 0 fully saturated rings. The number of hydrogen-bond donors (Lipinski definition) is 1. The van der Waals surface area contributed by atoms with Gasteiger partial charge in [0.1, 0.15) is 6.10 Å². The topological polar surface area (TPSA) is 63.6 Å². The predicted octanol–water partition coefficient (Wildman–Crippen LogP) is 11.7. The number of aliphatic carboxylic acids is 1. The third kappa shape index (κ3) is 31.3. The summed E-state index contributed by atoms with van der Waals surface area (Å²) in [6.45, 7) is 4.45. The Balaban J connectivity index is 3.45. The van der Waals surface area contributed by atoms with Crippen LogP contribution in [0.1, 0.15) is 206 Å². The van der Waals surface area contributed by atoms with Gasteiger partial charge in [-0.25, -0.2) is 0 Å². The lowest BCUT2D eigenvalue weighted by Crippen LogP contribution is -2.18. The van der Waals surface area contributed by atoms with Crippen molar-refractivity contribution in [3.63, 3.8) is 0 Å². The van der Waals surface area contributed by atoms with Gasteiger partial charge in [0, 0.05) is 12.8 Å². The minimum atomic E-state index is -0.728. The van der Waals surface area contributed by atoms with Crippen LogP contribution >= 0.6 is 0 Å². The van der Waals surface area contributed by atoms with E-state index in [9.17, 15) is 9.59 Å². The fourth-order valence-electron chi connectivity index (χ4n) is 5.47. The monoisotopic (exact) mass is 553 g/mol. The van der Waals surface area contributed by atoms with Crippen LogP contribution in [0.15, 0.2) is 0 Å². The molecule has 232 valence electrons. The molecule has 0 saturated carbocycles. The largest absolute Gasteiger partial charge is 0.481 e. The van der Waals surface area contributed by atoms with Gasteiger partial charge in [-0.15, -0.1) is 0 Å². The minimum Gasteiger partial charge on any atom is -0.481 e. The second-order valence-corrected chi connectivity index (χ2v) is 12.1. The van der Waals surface area contributed by atoms with Crippen LogP contribution in [0.5, 0.6) is 0 Å². The Labute approximate surface area is 243 Å². The highest BCUT2D eigenvalue weighted by molar-refractivity contribution is 5.69. The highest BCUT2D eigenvalue weighted by Gasteiger charge is 2.14. The lowest BCUT2D eigenvalue weighted by atomic mass is 10.0. The summed E-state index contributed by atoms with van der Waals surface area (Å²) in [5.41, 5.74) is 0. The van der Waals surface area contributed by atoms with E-state index in [0.29, 0.717) is 12.8 Å². The summed E-state index contributed by atoms with van der Waals surface area (Å²) in [4.78, 5) is 22.9. The van der Waals surface area contributed by atoms with E-state index in [1.807, 2.05) is 0 Å². The van der Waals surface area contributed by atoms with Crippen molar-refractivity contribution in [3.8, 4) is 0 Å². The Hall–Kier alpha value is -1.06. The molecular formula is C35H68O4. The number of carboxylic acids is 1. The number of esters is 1. The lowest BCUT2D eigenvalue weighted by molar-refractivity contribution is -0.150. The van der Waals surface area contributed by atoms with Crippen LogP contribution in [0, 0.1) is 0 Å². The number of unbranched alkanes of at least 4 members (excludes halogenated alkanes) is 23. The van der Waals surface area contributed by atoms with Crippen molar-refractivity contribution in [1.82, 2.24) is 0 Å². The maximum absolute atomic E-state index is 12.3. The number of carboxylic acid groups (broad SMARTS) is 1. The molecule has 0 heterocycles. The van der Waals surface area contributed by atoms with E-state index in [2.05, 4.69) is 13.8 Å². The van der Waals surface area contributed by atoms with E-state index in [0.717, 1.165) is 51.4 Å². The van der Waals surface area contributed by atoms with E-state index >= 15 is 0 Å². The Morgan fingerprint density at radius 3 is 1.21 bits per heavy atom. The first-order valence-corrected chi connectivity index (χ1v) is 17.5. The third-order valence-corrected chi connectivity index (χ3v) is 8.08. The molecule has 0 aliphatic carbocycles. The highest BCUT2D eigenvalue weighted by Crippen LogP contribution is 2.17. The second kappa shape index (κ2) is 31.5. The lowest BCUT2D eigenvalue weighted by Gasteiger charge is -2.17. The quantitative estimate of drug-likeness (QED) is 0.0665. The third-order valence-electron chi connectivity index (χ3n) is 8.08. The van der Waals surface area contributed by atoms with Crippen molar-refractivity contribution >= 4 is 11.9 Å². The maximum atomic E-state index is 12.3. The molecule has 0 saturated heterocycles. The zero-order chi connectivity index (χ0) is 28.7. The van der Waals surface area contributed by atoms with Crippen LogP contribution in [-0.4, -0.2) is 23.1 Å². The molecule has 0 rings (SSSR count). The summed E-state index contributed by atoms with van der Waals surface area (Å²) in [6.07, 6.45) is 36.0. The average Bonchev–Trinajstić information content (AvgIpc) is 2.92. The van der Waals surface area contributed by atoms with Gasteiger partial charge in [0.25, 0.3) is 0 Å². The van der Waals surface area contributed by atoms with Gasteiger partial charge in [-0.1, -0.05) is 162 Å². The van der Waals surface area contributed by atoms with Crippen molar-refractivity contribution in [2.75, 3.05) is 0 Å². The molecule has 1 atom stereocenters. The summed E-state index contributed by atoms with van der Waals surface area (Å²) in [5, 5.41) is 8.75. The van der Waals surface area contributed by atoms with Crippen LogP contribution < -0.4 is 0 Å². The van der Waals surface area contributed by atoms with Crippen molar-refractivity contribution < 1.29 is 19.4 Å². The molecule has 0 spiro atoms. The zero-order valence-electron chi connectivity index (χ0n) is 26.5. The molecular weight excluding hydrogens is 484 g/mol. The van der Waals surface area contributed by atoms with E-state index in [1.54, 1.807) is 0 Å². The molecule has 0 bridgehead atoms. The van der Waals surface area contributed by atoms with Crippen LogP contribution in [0.25, 0.3) is 0 Å². The van der Waals surface area contributed by atoms with Gasteiger partial charge in [-0.2, -0.15) is 0 Å². The van der Waals surface area contributed by atoms with Gasteiger partial charge >= 0.3 is 11.9 Å². The molecule has 0 radical (unpaired) electrons. The second-order valence-electron chi connectivity index (χ2n) is 12.1. The molecule has 4 heteroatoms. The maximum Gasteiger partial charge on any atom is 0.306 e. The molecule has 0 amide bonds. The molecule has 0 aliphatic rings. The Kier molecular flexibility index (Phi) is 30.6. The SMILES string of the molecule is CCCCCCCCCCCCCCCCCCCCCCCC(=O)OC(CCCC)CCCCCC(=O)O. The normalized spacial score (nSPS) is 12.1. The van der Waals surface area contributed by atoms with Crippen LogP contribution in [0.4, 0.5) is 0 Å². The molecule has 1 N–H and O–H groups in total. The number of carbonyl (C=O) groups is 2. The van der Waals surface area contributed by atoms with E-state index < -0.39 is 5.97 Å². The molecule has 0 aromatic rings. The first kappa shape index (κ1) is 37.9. The smallest absolute Gasteiger partial charge is 0.306 e. The van der Waals surface area contributed by atoms with Crippen molar-refractivity contribution in [1.29, 1.82) is 0 Å². The van der Waals surface area contributed by atoms with E-state index in [4.69, 9.17) is 9.84 Å². The highest BCUT2D eigenvalue weighted by atomic mass is 16.5. The predicted molar refractivity (Wildman–Crippen MR) is 167 cm³/mol. The first-order valence-electron chi connectivity index (χ1n) is 17.5. The van der Waals surface area contributed by atoms with Crippen LogP contribution in [0.2, 0.25) is 0 Å². The Bertz CT molecular complexity index is 519. The molecule has 0 aromatic heterocycles. The molecule has 1 unspecified atom stereocenters. The Morgan fingerprint density at radius 1 is 0.462 bits per heavy atom. The fourth-order valence-corrected chi connectivity index (χ4v) is 5.47. The summed E-state index contributed by atoms with van der Waals surface area (Å²) in [7, 11) is 0. The van der Waals surface area contributed by atoms with Crippen LogP contribution in [0.3, 0.4) is 0 Å². The summed E-state index contributed by atoms with van der Waals surface area (Å²) < 4.78 is 5.77. The summed E-state index contributed by atoms with van der Waals surface area (Å²) >= 11 is 0. The van der Waals surface area contributed by atoms with Crippen molar-refractivity contribution in [2.24, 2.45) is 0 Å². The van der Waals surface area contributed by atoms with Gasteiger partial charge in [0.15, 0.2) is 0 Å². The molecule has 4 nitrogen and oxygen atoms in total. The summed E-state index contributed by atoms with van der Waals surface area (Å²) in [5.74, 6) is -0.770. The van der Waals surface area contributed by atoms with E-state index in [-0.39, 0.29) is 18.5 Å². The fraction of sp³-hybridized carbons (Fsp3) is 0.943. The standard InChI is InChI=1S/C35H68O4/c1-3-5-7-8-9-10-11-12-13-14-15-16-17-18-19-20-21-22-23-24-28-32-35(38)39-33(29-6-4-2)30-26-25-27-31-34(36)37/h33H,3-32H2,1-2H3,(H,36,37). The number of rotatable bonds is 32. The first-order chi connectivity index (χ1) is 19.1. The van der Waals surface area contributed by atoms with Crippen molar-refractivity contribution in [3.05, 3.63) is 0 Å². The average molecular weight is 553 g/mol. The van der Waals surface area contributed by atoms with Gasteiger partial charge in [-0.05, 0) is 32.1 Å². The number of carbonyl (C=O) groups excluding carboxylic acids is 1. The molecule has 0 aromatic carbocycles.